The molecule has 10 atom stereocenters. The molecule has 2 aliphatic heterocycles. The van der Waals surface area contributed by atoms with Gasteiger partial charge in [-0.15, -0.1) is 0 Å². The zero-order valence-corrected chi connectivity index (χ0v) is 18.4. The van der Waals surface area contributed by atoms with Crippen LogP contribution in [0, 0.1) is 0 Å². The van der Waals surface area contributed by atoms with Crippen LogP contribution in [-0.4, -0.2) is 130 Å². The van der Waals surface area contributed by atoms with Crippen molar-refractivity contribution in [2.24, 2.45) is 0 Å². The Hall–Kier alpha value is -1.98. The molecule has 2 fully saturated rings. The van der Waals surface area contributed by atoms with Gasteiger partial charge in [0.1, 0.15) is 54.6 Å². The van der Waals surface area contributed by atoms with Crippen LogP contribution in [0.3, 0.4) is 0 Å². The van der Waals surface area contributed by atoms with Gasteiger partial charge in [0.2, 0.25) is 18.3 Å². The zero-order chi connectivity index (χ0) is 25.2. The highest BCUT2D eigenvalue weighted by Crippen LogP contribution is 2.43. The van der Waals surface area contributed by atoms with E-state index in [1.54, 1.807) is 0 Å². The maximum Gasteiger partial charge on any atom is 0.229 e. The maximum absolute atomic E-state index is 10.2. The Morgan fingerprint density at radius 1 is 0.647 bits per heavy atom. The van der Waals surface area contributed by atoms with Gasteiger partial charge < -0.3 is 69.3 Å². The van der Waals surface area contributed by atoms with E-state index in [0.717, 1.165) is 0 Å². The van der Waals surface area contributed by atoms with Crippen LogP contribution >= 0.6 is 0 Å². The number of benzene rings is 1. The van der Waals surface area contributed by atoms with Gasteiger partial charge in [-0.25, -0.2) is 0 Å². The lowest BCUT2D eigenvalue weighted by atomic mass is 9.99. The summed E-state index contributed by atoms with van der Waals surface area (Å²) in [7, 11) is 2.57. The predicted octanol–water partition coefficient (Wildman–Crippen LogP) is -3.94. The molecule has 0 spiro atoms. The predicted molar refractivity (Wildman–Crippen MR) is 108 cm³/mol. The standard InChI is InChI=1S/C20H30O14/c1-29-8-3-7(31-19-16(27)14(25)12(23)10(5-21)32-19)4-9(30-2)18(8)34-20-17(28)15(26)13(24)11(6-22)33-20/h3-4,10-17,19-28H,5-6H2,1-2H3/t10-,11-,12-,13-,14+,15+,16-,17-,19-,20+/m1/s1. The second kappa shape index (κ2) is 11.2. The molecular weight excluding hydrogens is 464 g/mol. The number of methoxy groups -OCH3 is 2. The highest BCUT2D eigenvalue weighted by atomic mass is 16.7. The number of rotatable bonds is 8. The third-order valence-electron chi connectivity index (χ3n) is 5.62. The largest absolute Gasteiger partial charge is 0.493 e. The molecule has 2 aliphatic rings. The molecule has 8 N–H and O–H groups in total. The van der Waals surface area contributed by atoms with Crippen molar-refractivity contribution in [2.75, 3.05) is 27.4 Å². The molecule has 0 unspecified atom stereocenters. The van der Waals surface area contributed by atoms with E-state index in [1.165, 1.54) is 26.4 Å². The third kappa shape index (κ3) is 5.16. The van der Waals surface area contributed by atoms with Gasteiger partial charge in [0, 0.05) is 12.1 Å². The van der Waals surface area contributed by atoms with E-state index in [4.69, 9.17) is 28.4 Å². The van der Waals surface area contributed by atoms with Crippen molar-refractivity contribution in [3.63, 3.8) is 0 Å². The topological polar surface area (TPSA) is 217 Å². The summed E-state index contributed by atoms with van der Waals surface area (Å²) in [6.07, 6.45) is -15.1. The Morgan fingerprint density at radius 2 is 1.06 bits per heavy atom. The van der Waals surface area contributed by atoms with Gasteiger partial charge in [0.25, 0.3) is 0 Å². The second-order valence-corrected chi connectivity index (χ2v) is 7.79. The summed E-state index contributed by atoms with van der Waals surface area (Å²) in [5.41, 5.74) is 0. The molecular formula is C20H30O14. The quantitative estimate of drug-likeness (QED) is 0.173. The molecule has 0 aliphatic carbocycles. The third-order valence-corrected chi connectivity index (χ3v) is 5.62. The van der Waals surface area contributed by atoms with Crippen molar-refractivity contribution >= 4 is 0 Å². The van der Waals surface area contributed by atoms with Gasteiger partial charge in [0.05, 0.1) is 27.4 Å². The first-order valence-electron chi connectivity index (χ1n) is 10.4. The molecule has 0 radical (unpaired) electrons. The highest BCUT2D eigenvalue weighted by molar-refractivity contribution is 5.56. The molecule has 1 aromatic rings. The summed E-state index contributed by atoms with van der Waals surface area (Å²) in [4.78, 5) is 0. The SMILES string of the molecule is COc1cc(O[C@@H]2O[C@H](CO)[C@@H](O)[C@H](O)[C@H]2O)cc(OC)c1O[C@@H]1O[C@H](CO)[C@@H](O)[C@H](O)[C@H]1O. The number of aliphatic hydroxyl groups is 8. The van der Waals surface area contributed by atoms with E-state index in [-0.39, 0.29) is 23.0 Å². The lowest BCUT2D eigenvalue weighted by Gasteiger charge is -2.40. The Morgan fingerprint density at radius 3 is 1.44 bits per heavy atom. The van der Waals surface area contributed by atoms with E-state index < -0.39 is 74.6 Å². The molecule has 14 heteroatoms. The second-order valence-electron chi connectivity index (χ2n) is 7.79. The number of aliphatic hydroxyl groups excluding tert-OH is 8. The zero-order valence-electron chi connectivity index (χ0n) is 18.4. The minimum atomic E-state index is -1.68. The van der Waals surface area contributed by atoms with Gasteiger partial charge in [-0.3, -0.25) is 0 Å². The molecule has 14 nitrogen and oxygen atoms in total. The summed E-state index contributed by atoms with van der Waals surface area (Å²) in [6, 6.07) is 2.59. The van der Waals surface area contributed by atoms with Crippen LogP contribution in [0.5, 0.6) is 23.0 Å². The first-order valence-corrected chi connectivity index (χ1v) is 10.4. The van der Waals surface area contributed by atoms with E-state index in [2.05, 4.69) is 0 Å². The van der Waals surface area contributed by atoms with Crippen molar-refractivity contribution in [2.45, 2.75) is 61.4 Å². The first kappa shape index (κ1) is 26.6. The van der Waals surface area contributed by atoms with E-state index in [0.29, 0.717) is 0 Å². The molecule has 194 valence electrons. The summed E-state index contributed by atoms with van der Waals surface area (Å²) in [5, 5.41) is 78.9. The van der Waals surface area contributed by atoms with Crippen LogP contribution in [0.1, 0.15) is 0 Å². The van der Waals surface area contributed by atoms with Crippen LogP contribution in [0.15, 0.2) is 12.1 Å². The molecule has 2 saturated heterocycles. The molecule has 2 heterocycles. The summed E-state index contributed by atoms with van der Waals surface area (Å²) in [5.74, 6) is -0.0820. The van der Waals surface area contributed by atoms with Crippen LogP contribution < -0.4 is 18.9 Å². The molecule has 3 rings (SSSR count). The van der Waals surface area contributed by atoms with Gasteiger partial charge in [-0.2, -0.15) is 0 Å². The summed E-state index contributed by atoms with van der Waals surface area (Å²) < 4.78 is 32.5. The van der Waals surface area contributed by atoms with Crippen molar-refractivity contribution in [1.82, 2.24) is 0 Å². The minimum Gasteiger partial charge on any atom is -0.493 e. The van der Waals surface area contributed by atoms with Crippen LogP contribution in [0.4, 0.5) is 0 Å². The van der Waals surface area contributed by atoms with Crippen LogP contribution in [0.25, 0.3) is 0 Å². The fourth-order valence-corrected chi connectivity index (χ4v) is 3.62. The molecule has 34 heavy (non-hydrogen) atoms. The fraction of sp³-hybridized carbons (Fsp3) is 0.700. The Balaban J connectivity index is 1.85. The van der Waals surface area contributed by atoms with Gasteiger partial charge >= 0.3 is 0 Å². The molecule has 1 aromatic carbocycles. The Labute approximate surface area is 194 Å². The van der Waals surface area contributed by atoms with Gasteiger partial charge in [-0.1, -0.05) is 0 Å². The molecule has 0 bridgehead atoms. The Bertz CT molecular complexity index is 778. The normalized spacial score (nSPS) is 38.3. The highest BCUT2D eigenvalue weighted by Gasteiger charge is 2.46. The van der Waals surface area contributed by atoms with Crippen molar-refractivity contribution < 1.29 is 69.3 Å². The van der Waals surface area contributed by atoms with Crippen molar-refractivity contribution in [1.29, 1.82) is 0 Å². The van der Waals surface area contributed by atoms with E-state index in [1.807, 2.05) is 0 Å². The number of ether oxygens (including phenoxy) is 6. The fourth-order valence-electron chi connectivity index (χ4n) is 3.62. The van der Waals surface area contributed by atoms with Crippen molar-refractivity contribution in [3.05, 3.63) is 12.1 Å². The summed E-state index contributed by atoms with van der Waals surface area (Å²) >= 11 is 0. The number of hydrogen-bond donors (Lipinski definition) is 8. The van der Waals surface area contributed by atoms with E-state index in [9.17, 15) is 40.9 Å². The van der Waals surface area contributed by atoms with Crippen molar-refractivity contribution in [3.8, 4) is 23.0 Å². The molecule has 0 saturated carbocycles. The van der Waals surface area contributed by atoms with E-state index >= 15 is 0 Å². The van der Waals surface area contributed by atoms with Crippen LogP contribution in [0.2, 0.25) is 0 Å². The lowest BCUT2D eigenvalue weighted by molar-refractivity contribution is -0.278. The molecule has 0 amide bonds. The first-order chi connectivity index (χ1) is 16.2. The van der Waals surface area contributed by atoms with Gasteiger partial charge in [-0.05, 0) is 0 Å². The number of hydrogen-bond acceptors (Lipinski definition) is 14. The maximum atomic E-state index is 10.2. The van der Waals surface area contributed by atoms with Crippen LogP contribution in [-0.2, 0) is 9.47 Å². The van der Waals surface area contributed by atoms with Gasteiger partial charge in [0.15, 0.2) is 11.5 Å². The lowest BCUT2D eigenvalue weighted by Crippen LogP contribution is -2.60. The summed E-state index contributed by atoms with van der Waals surface area (Å²) in [6.45, 7) is -1.28. The average molecular weight is 494 g/mol. The minimum absolute atomic E-state index is 0.00380. The Kier molecular flexibility index (Phi) is 8.75. The smallest absolute Gasteiger partial charge is 0.229 e. The molecule has 0 aromatic heterocycles. The average Bonchev–Trinajstić information content (AvgIpc) is 2.84. The monoisotopic (exact) mass is 494 g/mol.